The van der Waals surface area contributed by atoms with Crippen LogP contribution in [0.3, 0.4) is 0 Å². The van der Waals surface area contributed by atoms with Gasteiger partial charge < -0.3 is 9.84 Å². The lowest BCUT2D eigenvalue weighted by molar-refractivity contribution is -0.0130. The van der Waals surface area contributed by atoms with Crippen LogP contribution in [0.5, 0.6) is 0 Å². The van der Waals surface area contributed by atoms with E-state index in [1.54, 1.807) is 0 Å². The molecule has 0 rings (SSSR count). The summed E-state index contributed by atoms with van der Waals surface area (Å²) in [4.78, 5) is 0. The molecule has 0 saturated heterocycles. The van der Waals surface area contributed by atoms with E-state index < -0.39 is 0 Å². The average molecular weight is 160 g/mol. The molecule has 0 aromatic heterocycles. The zero-order valence-electron chi connectivity index (χ0n) is 7.84. The smallest absolute Gasteiger partial charge is 0.0771 e. The molecule has 0 radical (unpaired) electrons. The van der Waals surface area contributed by atoms with Gasteiger partial charge in [-0.1, -0.05) is 20.8 Å². The molecule has 1 unspecified atom stereocenters. The average Bonchev–Trinajstić information content (AvgIpc) is 2.06. The summed E-state index contributed by atoms with van der Waals surface area (Å²) in [7, 11) is 0. The highest BCUT2D eigenvalue weighted by Crippen LogP contribution is 2.03. The van der Waals surface area contributed by atoms with Crippen LogP contribution < -0.4 is 0 Å². The highest BCUT2D eigenvalue weighted by molar-refractivity contribution is 4.55. The van der Waals surface area contributed by atoms with E-state index in [2.05, 4.69) is 13.8 Å². The minimum atomic E-state index is -0.282. The predicted molar refractivity (Wildman–Crippen MR) is 46.6 cm³/mol. The van der Waals surface area contributed by atoms with Crippen LogP contribution >= 0.6 is 0 Å². The second kappa shape index (κ2) is 6.62. The van der Waals surface area contributed by atoms with Gasteiger partial charge in [0.25, 0.3) is 0 Å². The Morgan fingerprint density at radius 1 is 1.09 bits per heavy atom. The van der Waals surface area contributed by atoms with E-state index in [-0.39, 0.29) is 6.10 Å². The Labute approximate surface area is 69.6 Å². The number of rotatable bonds is 6. The molecule has 2 heteroatoms. The Kier molecular flexibility index (Phi) is 6.57. The molecule has 0 bridgehead atoms. The van der Waals surface area contributed by atoms with E-state index in [1.807, 2.05) is 6.92 Å². The van der Waals surface area contributed by atoms with E-state index in [0.717, 1.165) is 19.3 Å². The van der Waals surface area contributed by atoms with Crippen molar-refractivity contribution in [1.29, 1.82) is 0 Å². The fourth-order valence-electron chi connectivity index (χ4n) is 0.889. The molecule has 0 saturated carbocycles. The van der Waals surface area contributed by atoms with Gasteiger partial charge in [-0.2, -0.15) is 0 Å². The van der Waals surface area contributed by atoms with Crippen molar-refractivity contribution < 1.29 is 9.84 Å². The molecule has 0 aliphatic rings. The fraction of sp³-hybridized carbons (Fsp3) is 1.00. The van der Waals surface area contributed by atoms with Crippen LogP contribution in [0, 0.1) is 0 Å². The summed E-state index contributed by atoms with van der Waals surface area (Å²) in [5.41, 5.74) is 0. The van der Waals surface area contributed by atoms with Crippen LogP contribution in [-0.2, 0) is 4.74 Å². The van der Waals surface area contributed by atoms with Crippen molar-refractivity contribution in [2.45, 2.75) is 52.2 Å². The maximum absolute atomic E-state index is 9.17. The summed E-state index contributed by atoms with van der Waals surface area (Å²) in [6, 6.07) is 0. The first kappa shape index (κ1) is 10.9. The number of hydrogen-bond donors (Lipinski definition) is 1. The van der Waals surface area contributed by atoms with Crippen LogP contribution in [0.15, 0.2) is 0 Å². The Morgan fingerprint density at radius 3 is 2.00 bits per heavy atom. The lowest BCUT2D eigenvalue weighted by Gasteiger charge is -2.15. The Morgan fingerprint density at radius 2 is 1.64 bits per heavy atom. The van der Waals surface area contributed by atoms with Crippen molar-refractivity contribution in [1.82, 2.24) is 0 Å². The summed E-state index contributed by atoms with van der Waals surface area (Å²) in [5, 5.41) is 9.17. The molecule has 0 aliphatic heterocycles. The molecule has 0 heterocycles. The lowest BCUT2D eigenvalue weighted by Crippen LogP contribution is -2.20. The van der Waals surface area contributed by atoms with Gasteiger partial charge in [0.2, 0.25) is 0 Å². The number of aliphatic hydroxyl groups is 1. The molecule has 1 N–H and O–H groups in total. The van der Waals surface area contributed by atoms with Crippen LogP contribution in [0.1, 0.15) is 40.0 Å². The molecule has 1 atom stereocenters. The van der Waals surface area contributed by atoms with Gasteiger partial charge in [-0.05, 0) is 19.3 Å². The molecule has 2 nitrogen and oxygen atoms in total. The first-order chi connectivity index (χ1) is 5.24. The second-order valence-electron chi connectivity index (χ2n) is 2.83. The second-order valence-corrected chi connectivity index (χ2v) is 2.83. The van der Waals surface area contributed by atoms with Crippen molar-refractivity contribution in [3.8, 4) is 0 Å². The summed E-state index contributed by atoms with van der Waals surface area (Å²) in [6.07, 6.45) is 2.90. The number of aliphatic hydroxyl groups excluding tert-OH is 1. The molecular formula is C9H20O2. The quantitative estimate of drug-likeness (QED) is 0.643. The first-order valence-corrected chi connectivity index (χ1v) is 4.54. The standard InChI is InChI=1S/C9H20O2/c1-4-8(10)7-11-9(5-2)6-3/h8-10H,4-7H2,1-3H3. The van der Waals surface area contributed by atoms with Crippen LogP contribution in [0.25, 0.3) is 0 Å². The van der Waals surface area contributed by atoms with Crippen molar-refractivity contribution in [3.63, 3.8) is 0 Å². The summed E-state index contributed by atoms with van der Waals surface area (Å²) in [6.45, 7) is 6.66. The molecular weight excluding hydrogens is 140 g/mol. The van der Waals surface area contributed by atoms with E-state index in [4.69, 9.17) is 4.74 Å². The van der Waals surface area contributed by atoms with E-state index >= 15 is 0 Å². The Bertz CT molecular complexity index is 79.6. The van der Waals surface area contributed by atoms with Gasteiger partial charge in [0.15, 0.2) is 0 Å². The van der Waals surface area contributed by atoms with Gasteiger partial charge in [-0.25, -0.2) is 0 Å². The molecule has 0 fully saturated rings. The van der Waals surface area contributed by atoms with Crippen LogP contribution in [0.2, 0.25) is 0 Å². The van der Waals surface area contributed by atoms with Crippen molar-refractivity contribution in [3.05, 3.63) is 0 Å². The zero-order chi connectivity index (χ0) is 8.69. The molecule has 0 aliphatic carbocycles. The summed E-state index contributed by atoms with van der Waals surface area (Å²) < 4.78 is 5.44. The molecule has 0 spiro atoms. The van der Waals surface area contributed by atoms with Crippen LogP contribution in [-0.4, -0.2) is 23.9 Å². The molecule has 0 aromatic rings. The predicted octanol–water partition coefficient (Wildman–Crippen LogP) is 1.96. The van der Waals surface area contributed by atoms with Crippen molar-refractivity contribution >= 4 is 0 Å². The largest absolute Gasteiger partial charge is 0.391 e. The maximum Gasteiger partial charge on any atom is 0.0771 e. The third kappa shape index (κ3) is 5.22. The highest BCUT2D eigenvalue weighted by Gasteiger charge is 2.06. The van der Waals surface area contributed by atoms with E-state index in [1.165, 1.54) is 0 Å². The third-order valence-electron chi connectivity index (χ3n) is 1.91. The third-order valence-corrected chi connectivity index (χ3v) is 1.91. The topological polar surface area (TPSA) is 29.5 Å². The van der Waals surface area contributed by atoms with Gasteiger partial charge in [0, 0.05) is 0 Å². The lowest BCUT2D eigenvalue weighted by atomic mass is 10.2. The Balaban J connectivity index is 3.34. The SMILES string of the molecule is CCC(O)COC(CC)CC. The monoisotopic (exact) mass is 160 g/mol. The fourth-order valence-corrected chi connectivity index (χ4v) is 0.889. The summed E-state index contributed by atoms with van der Waals surface area (Å²) in [5.74, 6) is 0. The van der Waals surface area contributed by atoms with Gasteiger partial charge in [0.05, 0.1) is 18.8 Å². The van der Waals surface area contributed by atoms with Gasteiger partial charge in [-0.15, -0.1) is 0 Å². The first-order valence-electron chi connectivity index (χ1n) is 4.54. The maximum atomic E-state index is 9.17. The zero-order valence-corrected chi connectivity index (χ0v) is 7.84. The number of hydrogen-bond acceptors (Lipinski definition) is 2. The molecule has 0 aromatic carbocycles. The molecule has 11 heavy (non-hydrogen) atoms. The molecule has 68 valence electrons. The normalized spacial score (nSPS) is 13.9. The van der Waals surface area contributed by atoms with E-state index in [0.29, 0.717) is 12.7 Å². The Hall–Kier alpha value is -0.0800. The van der Waals surface area contributed by atoms with E-state index in [9.17, 15) is 5.11 Å². The summed E-state index contributed by atoms with van der Waals surface area (Å²) >= 11 is 0. The number of ether oxygens (including phenoxy) is 1. The van der Waals surface area contributed by atoms with Gasteiger partial charge in [-0.3, -0.25) is 0 Å². The van der Waals surface area contributed by atoms with Crippen molar-refractivity contribution in [2.24, 2.45) is 0 Å². The minimum Gasteiger partial charge on any atom is -0.391 e. The highest BCUT2D eigenvalue weighted by atomic mass is 16.5. The van der Waals surface area contributed by atoms with Gasteiger partial charge >= 0.3 is 0 Å². The van der Waals surface area contributed by atoms with Crippen molar-refractivity contribution in [2.75, 3.05) is 6.61 Å². The molecule has 0 amide bonds. The van der Waals surface area contributed by atoms with Crippen LogP contribution in [0.4, 0.5) is 0 Å². The minimum absolute atomic E-state index is 0.282. The van der Waals surface area contributed by atoms with Gasteiger partial charge in [0.1, 0.15) is 0 Å².